The van der Waals surface area contributed by atoms with E-state index >= 15 is 0 Å². The number of rotatable bonds is 14. The van der Waals surface area contributed by atoms with Crippen molar-refractivity contribution in [2.75, 3.05) is 13.2 Å². The molecule has 0 unspecified atom stereocenters. The van der Waals surface area contributed by atoms with Crippen LogP contribution in [0.25, 0.3) is 0 Å². The molecule has 8 nitrogen and oxygen atoms in total. The minimum absolute atomic E-state index is 0.149. The number of esters is 2. The van der Waals surface area contributed by atoms with Gasteiger partial charge in [-0.05, 0) is 12.8 Å². The molecule has 0 aliphatic rings. The van der Waals surface area contributed by atoms with Crippen LogP contribution in [0.5, 0.6) is 0 Å². The second-order valence-electron chi connectivity index (χ2n) is 6.14. The standard InChI is InChI=1S/2C7H10O4.2C4H9.Sn/c2*1-2-5-11-7(10)4-3-6(8)9;2*1-3-4-2;/h2*3-4H,2,5H2,1H3,(H,8,9);2*1,3-4H2,2H3;/b2*4-3-;;;. The molecular formula is C22H38O8Sn. The Morgan fingerprint density at radius 3 is 1.26 bits per heavy atom. The fourth-order valence-corrected chi connectivity index (χ4v) is 5.67. The van der Waals surface area contributed by atoms with Gasteiger partial charge in [-0.2, -0.15) is 0 Å². The molecule has 0 aromatic rings. The van der Waals surface area contributed by atoms with Gasteiger partial charge in [-0.25, -0.2) is 19.2 Å². The van der Waals surface area contributed by atoms with Crippen molar-refractivity contribution in [2.24, 2.45) is 0 Å². The van der Waals surface area contributed by atoms with Crippen LogP contribution >= 0.6 is 0 Å². The minimum atomic E-state index is -1.15. The average molecular weight is 549 g/mol. The van der Waals surface area contributed by atoms with Crippen LogP contribution in [0, 0.1) is 0 Å². The number of carbonyl (C=O) groups excluding carboxylic acids is 2. The zero-order valence-corrected chi connectivity index (χ0v) is 22.1. The van der Waals surface area contributed by atoms with Crippen LogP contribution in [-0.4, -0.2) is 68.4 Å². The zero-order chi connectivity index (χ0) is 24.3. The van der Waals surface area contributed by atoms with Crippen molar-refractivity contribution >= 4 is 45.0 Å². The Hall–Kier alpha value is -1.84. The maximum atomic E-state index is 10.5. The molecule has 0 saturated carbocycles. The first-order chi connectivity index (χ1) is 14.7. The van der Waals surface area contributed by atoms with Gasteiger partial charge in [0.1, 0.15) is 0 Å². The third-order valence-electron chi connectivity index (χ3n) is 3.04. The number of ether oxygens (including phenoxy) is 2. The number of aliphatic carboxylic acids is 2. The number of carboxylic acids is 2. The van der Waals surface area contributed by atoms with Crippen molar-refractivity contribution in [3.63, 3.8) is 0 Å². The molecule has 0 atom stereocenters. The normalized spacial score (nSPS) is 9.94. The van der Waals surface area contributed by atoms with E-state index in [4.69, 9.17) is 10.2 Å². The Kier molecular flexibility index (Phi) is 30.7. The molecule has 0 fully saturated rings. The van der Waals surface area contributed by atoms with Gasteiger partial charge >= 0.3 is 93.4 Å². The quantitative estimate of drug-likeness (QED) is 0.142. The van der Waals surface area contributed by atoms with Gasteiger partial charge in [-0.1, -0.05) is 13.8 Å². The van der Waals surface area contributed by atoms with E-state index in [9.17, 15) is 19.2 Å². The predicted molar refractivity (Wildman–Crippen MR) is 121 cm³/mol. The SMILES string of the molecule is CCCOC(=O)/C=C\C(=O)O.CCCOC(=O)/C=C\C(=O)O.CCC[CH2][Sn][CH2]CCC. The molecule has 0 saturated heterocycles. The molecule has 0 bridgehead atoms. The Labute approximate surface area is 196 Å². The summed E-state index contributed by atoms with van der Waals surface area (Å²) in [4.78, 5) is 40.8. The maximum absolute atomic E-state index is 10.5. The number of carboxylic acid groups (broad SMARTS) is 2. The van der Waals surface area contributed by atoms with E-state index in [2.05, 4.69) is 23.3 Å². The van der Waals surface area contributed by atoms with Crippen molar-refractivity contribution in [2.45, 2.75) is 75.1 Å². The summed E-state index contributed by atoms with van der Waals surface area (Å²) in [5.41, 5.74) is 0. The first kappa shape index (κ1) is 33.8. The molecule has 0 aliphatic carbocycles. The van der Waals surface area contributed by atoms with Crippen LogP contribution in [0.15, 0.2) is 24.3 Å². The molecule has 2 N–H and O–H groups in total. The Balaban J connectivity index is -0.000000382. The van der Waals surface area contributed by atoms with Crippen LogP contribution in [0.4, 0.5) is 0 Å². The Morgan fingerprint density at radius 2 is 1.00 bits per heavy atom. The summed E-state index contributed by atoms with van der Waals surface area (Å²) in [6.07, 6.45) is 10.6. The Bertz CT molecular complexity index is 484. The third-order valence-corrected chi connectivity index (χ3v) is 7.07. The molecule has 0 heterocycles. The molecule has 0 aliphatic heterocycles. The second kappa shape index (κ2) is 28.2. The van der Waals surface area contributed by atoms with Crippen molar-refractivity contribution < 1.29 is 38.9 Å². The molecule has 0 amide bonds. The summed E-state index contributed by atoms with van der Waals surface area (Å²) in [5, 5.41) is 16.2. The first-order valence-electron chi connectivity index (χ1n) is 10.6. The molecule has 0 spiro atoms. The van der Waals surface area contributed by atoms with Gasteiger partial charge in [-0.15, -0.1) is 0 Å². The van der Waals surface area contributed by atoms with Crippen LogP contribution < -0.4 is 0 Å². The fourth-order valence-electron chi connectivity index (χ4n) is 1.51. The molecule has 9 heteroatoms. The van der Waals surface area contributed by atoms with Crippen molar-refractivity contribution in [3.8, 4) is 0 Å². The van der Waals surface area contributed by atoms with Crippen LogP contribution in [0.2, 0.25) is 8.87 Å². The molecule has 0 rings (SSSR count). The van der Waals surface area contributed by atoms with Gasteiger partial charge < -0.3 is 19.7 Å². The van der Waals surface area contributed by atoms with E-state index in [1.54, 1.807) is 8.87 Å². The van der Waals surface area contributed by atoms with E-state index in [1.165, 1.54) is 25.7 Å². The van der Waals surface area contributed by atoms with E-state index < -0.39 is 23.9 Å². The first-order valence-corrected chi connectivity index (χ1v) is 14.6. The molecule has 2 radical (unpaired) electrons. The second-order valence-corrected chi connectivity index (χ2v) is 10.4. The summed E-state index contributed by atoms with van der Waals surface area (Å²) in [6, 6.07) is 0. The molecule has 0 aromatic heterocycles. The van der Waals surface area contributed by atoms with E-state index in [-0.39, 0.29) is 21.1 Å². The van der Waals surface area contributed by atoms with Gasteiger partial charge in [0.15, 0.2) is 0 Å². The fraction of sp³-hybridized carbons (Fsp3) is 0.636. The summed E-state index contributed by atoms with van der Waals surface area (Å²) in [6.45, 7) is 8.94. The van der Waals surface area contributed by atoms with Gasteiger partial charge in [0.25, 0.3) is 0 Å². The van der Waals surface area contributed by atoms with Crippen LogP contribution in [-0.2, 0) is 28.7 Å². The van der Waals surface area contributed by atoms with Crippen molar-refractivity contribution in [1.82, 2.24) is 0 Å². The monoisotopic (exact) mass is 550 g/mol. The summed E-state index contributed by atoms with van der Waals surface area (Å²) < 4.78 is 12.4. The van der Waals surface area contributed by atoms with Gasteiger partial charge in [-0.3, -0.25) is 0 Å². The van der Waals surface area contributed by atoms with E-state index in [0.29, 0.717) is 13.2 Å². The molecule has 31 heavy (non-hydrogen) atoms. The zero-order valence-electron chi connectivity index (χ0n) is 19.2. The van der Waals surface area contributed by atoms with E-state index in [0.717, 1.165) is 37.1 Å². The predicted octanol–water partition coefficient (Wildman–Crippen LogP) is 4.29. The number of hydrogen-bond acceptors (Lipinski definition) is 6. The number of carbonyl (C=O) groups is 4. The summed E-state index contributed by atoms with van der Waals surface area (Å²) in [7, 11) is 0. The third kappa shape index (κ3) is 39.2. The van der Waals surface area contributed by atoms with Crippen LogP contribution in [0.3, 0.4) is 0 Å². The van der Waals surface area contributed by atoms with Gasteiger partial charge in [0.05, 0.1) is 13.2 Å². The molecule has 178 valence electrons. The van der Waals surface area contributed by atoms with Crippen LogP contribution in [0.1, 0.15) is 66.2 Å². The van der Waals surface area contributed by atoms with E-state index in [1.807, 2.05) is 13.8 Å². The number of unbranched alkanes of at least 4 members (excludes halogenated alkanes) is 2. The topological polar surface area (TPSA) is 127 Å². The molecule has 0 aromatic carbocycles. The number of hydrogen-bond donors (Lipinski definition) is 2. The average Bonchev–Trinajstić information content (AvgIpc) is 2.74. The van der Waals surface area contributed by atoms with Crippen molar-refractivity contribution in [3.05, 3.63) is 24.3 Å². The summed E-state index contributed by atoms with van der Waals surface area (Å²) >= 11 is 0.149. The van der Waals surface area contributed by atoms with Crippen molar-refractivity contribution in [1.29, 1.82) is 0 Å². The Morgan fingerprint density at radius 1 is 0.645 bits per heavy atom. The molecular weight excluding hydrogens is 511 g/mol. The van der Waals surface area contributed by atoms with Gasteiger partial charge in [0.2, 0.25) is 0 Å². The van der Waals surface area contributed by atoms with Gasteiger partial charge in [0, 0.05) is 24.3 Å². The summed E-state index contributed by atoms with van der Waals surface area (Å²) in [5.74, 6) is -3.54.